The standard InChI is InChI=1S/C12H25NO3/c1-3-5-6-9-16-10-7-8-12(13,4-2)11(14)15/h3-10,13H2,1-2H3,(H,14,15). The van der Waals surface area contributed by atoms with Crippen LogP contribution < -0.4 is 5.73 Å². The van der Waals surface area contributed by atoms with Crippen molar-refractivity contribution in [3.63, 3.8) is 0 Å². The Labute approximate surface area is 98.2 Å². The molecule has 3 N–H and O–H groups in total. The molecule has 0 rings (SSSR count). The van der Waals surface area contributed by atoms with E-state index in [4.69, 9.17) is 15.6 Å². The van der Waals surface area contributed by atoms with Crippen LogP contribution in [0.5, 0.6) is 0 Å². The van der Waals surface area contributed by atoms with E-state index in [0.717, 1.165) is 13.0 Å². The lowest BCUT2D eigenvalue weighted by atomic mass is 9.92. The lowest BCUT2D eigenvalue weighted by Crippen LogP contribution is -2.47. The van der Waals surface area contributed by atoms with Crippen LogP contribution in [-0.4, -0.2) is 29.8 Å². The number of nitrogens with two attached hydrogens (primary N) is 1. The van der Waals surface area contributed by atoms with E-state index in [1.165, 1.54) is 12.8 Å². The molecule has 0 saturated heterocycles. The van der Waals surface area contributed by atoms with Gasteiger partial charge in [-0.2, -0.15) is 0 Å². The van der Waals surface area contributed by atoms with Crippen molar-refractivity contribution in [3.8, 4) is 0 Å². The quantitative estimate of drug-likeness (QED) is 0.565. The Morgan fingerprint density at radius 1 is 1.25 bits per heavy atom. The van der Waals surface area contributed by atoms with Gasteiger partial charge in [-0.25, -0.2) is 0 Å². The molecule has 0 aromatic heterocycles. The zero-order valence-electron chi connectivity index (χ0n) is 10.5. The van der Waals surface area contributed by atoms with Crippen LogP contribution in [-0.2, 0) is 9.53 Å². The maximum absolute atomic E-state index is 10.9. The maximum Gasteiger partial charge on any atom is 0.323 e. The van der Waals surface area contributed by atoms with Gasteiger partial charge in [0.15, 0.2) is 0 Å². The van der Waals surface area contributed by atoms with Crippen LogP contribution in [0.3, 0.4) is 0 Å². The van der Waals surface area contributed by atoms with E-state index in [1.54, 1.807) is 6.92 Å². The van der Waals surface area contributed by atoms with Crippen LogP contribution in [0.2, 0.25) is 0 Å². The molecular formula is C12H25NO3. The summed E-state index contributed by atoms with van der Waals surface area (Å²) < 4.78 is 5.41. The van der Waals surface area contributed by atoms with E-state index >= 15 is 0 Å². The van der Waals surface area contributed by atoms with Crippen LogP contribution in [0.4, 0.5) is 0 Å². The van der Waals surface area contributed by atoms with Gasteiger partial charge in [-0.05, 0) is 25.7 Å². The van der Waals surface area contributed by atoms with Crippen molar-refractivity contribution >= 4 is 5.97 Å². The van der Waals surface area contributed by atoms with Crippen molar-refractivity contribution in [2.45, 2.75) is 57.9 Å². The minimum absolute atomic E-state index is 0.457. The van der Waals surface area contributed by atoms with E-state index in [0.29, 0.717) is 25.9 Å². The summed E-state index contributed by atoms with van der Waals surface area (Å²) in [5, 5.41) is 8.94. The normalized spacial score (nSPS) is 14.7. The molecule has 1 atom stereocenters. The highest BCUT2D eigenvalue weighted by Gasteiger charge is 2.30. The SMILES string of the molecule is CCCCCOCCCC(N)(CC)C(=O)O. The topological polar surface area (TPSA) is 72.5 Å². The summed E-state index contributed by atoms with van der Waals surface area (Å²) >= 11 is 0. The van der Waals surface area contributed by atoms with Gasteiger partial charge in [0.2, 0.25) is 0 Å². The van der Waals surface area contributed by atoms with Crippen LogP contribution in [0.15, 0.2) is 0 Å². The summed E-state index contributed by atoms with van der Waals surface area (Å²) in [4.78, 5) is 10.9. The van der Waals surface area contributed by atoms with Crippen molar-refractivity contribution in [1.82, 2.24) is 0 Å². The molecule has 0 saturated carbocycles. The molecule has 0 aliphatic carbocycles. The third-order valence-electron chi connectivity index (χ3n) is 2.86. The van der Waals surface area contributed by atoms with Crippen molar-refractivity contribution in [2.75, 3.05) is 13.2 Å². The van der Waals surface area contributed by atoms with Crippen molar-refractivity contribution in [3.05, 3.63) is 0 Å². The van der Waals surface area contributed by atoms with Crippen LogP contribution in [0, 0.1) is 0 Å². The van der Waals surface area contributed by atoms with E-state index in [-0.39, 0.29) is 0 Å². The number of hydrogen-bond acceptors (Lipinski definition) is 3. The Morgan fingerprint density at radius 3 is 2.38 bits per heavy atom. The summed E-state index contributed by atoms with van der Waals surface area (Å²) in [6.45, 7) is 5.33. The van der Waals surface area contributed by atoms with Gasteiger partial charge in [0.05, 0.1) is 0 Å². The Hall–Kier alpha value is -0.610. The van der Waals surface area contributed by atoms with Gasteiger partial charge in [0.1, 0.15) is 5.54 Å². The molecule has 0 aliphatic heterocycles. The third kappa shape index (κ3) is 6.08. The Balaban J connectivity index is 3.53. The second-order valence-corrected chi connectivity index (χ2v) is 4.24. The van der Waals surface area contributed by atoms with E-state index < -0.39 is 11.5 Å². The zero-order valence-corrected chi connectivity index (χ0v) is 10.5. The number of aliphatic carboxylic acids is 1. The highest BCUT2D eigenvalue weighted by Crippen LogP contribution is 2.14. The lowest BCUT2D eigenvalue weighted by Gasteiger charge is -2.22. The number of hydrogen-bond donors (Lipinski definition) is 2. The average molecular weight is 231 g/mol. The number of rotatable bonds is 10. The fourth-order valence-electron chi connectivity index (χ4n) is 1.48. The van der Waals surface area contributed by atoms with Gasteiger partial charge in [0.25, 0.3) is 0 Å². The second kappa shape index (κ2) is 8.53. The van der Waals surface area contributed by atoms with Crippen LogP contribution in [0.1, 0.15) is 52.4 Å². The molecule has 4 nitrogen and oxygen atoms in total. The van der Waals surface area contributed by atoms with Crippen LogP contribution in [0.25, 0.3) is 0 Å². The predicted molar refractivity (Wildman–Crippen MR) is 64.4 cm³/mol. The summed E-state index contributed by atoms with van der Waals surface area (Å²) in [5.74, 6) is -0.916. The number of ether oxygens (including phenoxy) is 1. The fraction of sp³-hybridized carbons (Fsp3) is 0.917. The Bertz CT molecular complexity index is 197. The molecule has 0 amide bonds. The first kappa shape index (κ1) is 15.4. The minimum Gasteiger partial charge on any atom is -0.480 e. The van der Waals surface area contributed by atoms with Crippen molar-refractivity contribution in [2.24, 2.45) is 5.73 Å². The van der Waals surface area contributed by atoms with Crippen molar-refractivity contribution in [1.29, 1.82) is 0 Å². The molecule has 0 radical (unpaired) electrons. The highest BCUT2D eigenvalue weighted by molar-refractivity contribution is 5.78. The molecule has 4 heteroatoms. The summed E-state index contributed by atoms with van der Waals surface area (Å²) in [5.41, 5.74) is 4.67. The third-order valence-corrected chi connectivity index (χ3v) is 2.86. The highest BCUT2D eigenvalue weighted by atomic mass is 16.5. The smallest absolute Gasteiger partial charge is 0.323 e. The first-order valence-electron chi connectivity index (χ1n) is 6.17. The summed E-state index contributed by atoms with van der Waals surface area (Å²) in [6.07, 6.45) is 5.10. The van der Waals surface area contributed by atoms with E-state index in [1.807, 2.05) is 0 Å². The molecule has 16 heavy (non-hydrogen) atoms. The Kier molecular flexibility index (Phi) is 8.21. The van der Waals surface area contributed by atoms with Crippen molar-refractivity contribution < 1.29 is 14.6 Å². The number of carboxylic acid groups (broad SMARTS) is 1. The summed E-state index contributed by atoms with van der Waals surface area (Å²) in [7, 11) is 0. The molecule has 0 spiro atoms. The van der Waals surface area contributed by atoms with Gasteiger partial charge >= 0.3 is 5.97 Å². The minimum atomic E-state index is -1.08. The van der Waals surface area contributed by atoms with E-state index in [2.05, 4.69) is 6.92 Å². The molecule has 1 unspecified atom stereocenters. The average Bonchev–Trinajstić information content (AvgIpc) is 2.27. The first-order valence-corrected chi connectivity index (χ1v) is 6.17. The van der Waals surface area contributed by atoms with Gasteiger partial charge in [-0.1, -0.05) is 26.7 Å². The first-order chi connectivity index (χ1) is 7.56. The monoisotopic (exact) mass is 231 g/mol. The fourth-order valence-corrected chi connectivity index (χ4v) is 1.48. The molecule has 0 aromatic carbocycles. The Morgan fingerprint density at radius 2 is 1.88 bits per heavy atom. The predicted octanol–water partition coefficient (Wildman–Crippen LogP) is 2.17. The maximum atomic E-state index is 10.9. The number of unbranched alkanes of at least 4 members (excludes halogenated alkanes) is 2. The number of carboxylic acids is 1. The molecular weight excluding hydrogens is 206 g/mol. The van der Waals surface area contributed by atoms with Gasteiger partial charge in [0, 0.05) is 13.2 Å². The summed E-state index contributed by atoms with van der Waals surface area (Å²) in [6, 6.07) is 0. The van der Waals surface area contributed by atoms with Gasteiger partial charge < -0.3 is 15.6 Å². The molecule has 96 valence electrons. The van der Waals surface area contributed by atoms with Gasteiger partial charge in [-0.15, -0.1) is 0 Å². The largest absolute Gasteiger partial charge is 0.480 e. The second-order valence-electron chi connectivity index (χ2n) is 4.24. The molecule has 0 heterocycles. The number of carbonyl (C=O) groups is 1. The van der Waals surface area contributed by atoms with Crippen LogP contribution >= 0.6 is 0 Å². The van der Waals surface area contributed by atoms with Gasteiger partial charge in [-0.3, -0.25) is 4.79 Å². The molecule has 0 fully saturated rings. The zero-order chi connectivity index (χ0) is 12.4. The van der Waals surface area contributed by atoms with E-state index in [9.17, 15) is 4.79 Å². The molecule has 0 aromatic rings. The lowest BCUT2D eigenvalue weighted by molar-refractivity contribution is -0.143. The molecule has 0 bridgehead atoms. The molecule has 0 aliphatic rings.